The Labute approximate surface area is 401 Å². The molecule has 5 amide bonds. The SMILES string of the molecule is CC(C)n1nc(-c2noc(C3CC3)c2-c2cn(C3CCN(C(=O)OCC(=O)N4CCC(CN5CCN(c6ccc7c(N8CCC(=O)NC8=O)nn(C)c7c6F)CC5)CC4)CC3)nn2)c2c(N)ncnc21. The van der Waals surface area contributed by atoms with Gasteiger partial charge in [0.05, 0.1) is 28.9 Å². The molecule has 368 valence electrons. The molecule has 9 heterocycles. The van der Waals surface area contributed by atoms with E-state index < -0.39 is 17.9 Å². The van der Waals surface area contributed by atoms with E-state index in [0.29, 0.717) is 114 Å². The van der Waals surface area contributed by atoms with Crippen molar-refractivity contribution in [1.82, 2.24) is 69.7 Å². The number of amides is 5. The first-order valence-electron chi connectivity index (χ1n) is 24.2. The molecule has 0 unspecified atom stereocenters. The average Bonchev–Trinajstić information content (AvgIpc) is 3.63. The van der Waals surface area contributed by atoms with Crippen molar-refractivity contribution in [2.75, 3.05) is 87.6 Å². The number of benzene rings is 1. The van der Waals surface area contributed by atoms with Crippen LogP contribution in [0.3, 0.4) is 0 Å². The van der Waals surface area contributed by atoms with E-state index in [1.165, 1.54) is 15.9 Å². The lowest BCUT2D eigenvalue weighted by molar-refractivity contribution is -0.136. The van der Waals surface area contributed by atoms with Gasteiger partial charge in [0.1, 0.15) is 40.5 Å². The number of nitrogens with two attached hydrogens (primary N) is 1. The van der Waals surface area contributed by atoms with E-state index in [1.807, 2.05) is 34.3 Å². The second-order valence-electron chi connectivity index (χ2n) is 19.4. The summed E-state index contributed by atoms with van der Waals surface area (Å²) in [5, 5.41) is 26.4. The number of aryl methyl sites for hydroxylation is 1. The molecule has 1 aliphatic carbocycles. The number of carbonyl (C=O) groups excluding carboxylic acids is 4. The van der Waals surface area contributed by atoms with Crippen molar-refractivity contribution >= 4 is 63.2 Å². The summed E-state index contributed by atoms with van der Waals surface area (Å²) in [6.45, 7) is 9.71. The normalized spacial score (nSPS) is 19.0. The topological polar surface area (TPSA) is 250 Å². The van der Waals surface area contributed by atoms with Crippen LogP contribution in [-0.4, -0.2) is 160 Å². The van der Waals surface area contributed by atoms with Crippen LogP contribution in [0.15, 0.2) is 29.2 Å². The van der Waals surface area contributed by atoms with Crippen LogP contribution in [0.1, 0.15) is 82.6 Å². The maximum absolute atomic E-state index is 16.1. The van der Waals surface area contributed by atoms with Gasteiger partial charge in [-0.3, -0.25) is 29.4 Å². The van der Waals surface area contributed by atoms with Crippen molar-refractivity contribution in [2.24, 2.45) is 13.0 Å². The van der Waals surface area contributed by atoms with Crippen LogP contribution in [0, 0.1) is 11.7 Å². The first-order valence-corrected chi connectivity index (χ1v) is 24.2. The molecule has 1 saturated carbocycles. The highest BCUT2D eigenvalue weighted by atomic mass is 19.1. The van der Waals surface area contributed by atoms with Crippen LogP contribution in [-0.2, 0) is 21.4 Å². The number of likely N-dealkylation sites (tertiary alicyclic amines) is 2. The number of halogens is 1. The number of aromatic nitrogens is 10. The van der Waals surface area contributed by atoms with Crippen molar-refractivity contribution in [1.29, 1.82) is 0 Å². The molecule has 0 radical (unpaired) electrons. The van der Waals surface area contributed by atoms with Gasteiger partial charge >= 0.3 is 12.1 Å². The molecular formula is C46H56FN17O6. The molecule has 24 heteroatoms. The Balaban J connectivity index is 0.634. The molecule has 3 N–H and O–H groups in total. The smallest absolute Gasteiger partial charge is 0.410 e. The number of nitrogens with zero attached hydrogens (tertiary/aromatic N) is 15. The Morgan fingerprint density at radius 1 is 0.929 bits per heavy atom. The molecule has 0 atom stereocenters. The number of urea groups is 1. The van der Waals surface area contributed by atoms with Crippen molar-refractivity contribution in [3.63, 3.8) is 0 Å². The Morgan fingerprint density at radius 3 is 2.41 bits per heavy atom. The average molecular weight is 962 g/mol. The summed E-state index contributed by atoms with van der Waals surface area (Å²) in [6.07, 6.45) is 7.90. The van der Waals surface area contributed by atoms with Gasteiger partial charge in [-0.25, -0.2) is 33.3 Å². The maximum atomic E-state index is 16.1. The number of nitrogen functional groups attached to an aromatic ring is 1. The summed E-state index contributed by atoms with van der Waals surface area (Å²) in [4.78, 5) is 68.6. The first kappa shape index (κ1) is 45.2. The molecule has 70 heavy (non-hydrogen) atoms. The number of carbonyl (C=O) groups is 4. The Hall–Kier alpha value is -7.24. The lowest BCUT2D eigenvalue weighted by Gasteiger charge is -2.39. The van der Waals surface area contributed by atoms with Gasteiger partial charge in [0.15, 0.2) is 23.9 Å². The summed E-state index contributed by atoms with van der Waals surface area (Å²) in [7, 11) is 1.65. The van der Waals surface area contributed by atoms with Crippen LogP contribution >= 0.6 is 0 Å². The van der Waals surface area contributed by atoms with E-state index in [-0.39, 0.29) is 49.4 Å². The number of rotatable bonds is 11. The summed E-state index contributed by atoms with van der Waals surface area (Å²) in [5.41, 5.74) is 10.2. The highest BCUT2D eigenvalue weighted by Crippen LogP contribution is 2.48. The van der Waals surface area contributed by atoms with Crippen molar-refractivity contribution in [3.8, 4) is 22.6 Å². The van der Waals surface area contributed by atoms with Crippen LogP contribution in [0.2, 0.25) is 0 Å². The van der Waals surface area contributed by atoms with E-state index in [0.717, 1.165) is 56.6 Å². The number of fused-ring (bicyclic) bond motifs is 2. The minimum absolute atomic E-state index is 0.00993. The zero-order valence-corrected chi connectivity index (χ0v) is 39.5. The van der Waals surface area contributed by atoms with Crippen LogP contribution < -0.4 is 20.9 Å². The molecular weight excluding hydrogens is 906 g/mol. The summed E-state index contributed by atoms with van der Waals surface area (Å²) >= 11 is 0. The molecule has 4 aliphatic heterocycles. The van der Waals surface area contributed by atoms with Crippen LogP contribution in [0.4, 0.5) is 31.3 Å². The molecule has 23 nitrogen and oxygen atoms in total. The van der Waals surface area contributed by atoms with Gasteiger partial charge in [-0.05, 0) is 70.4 Å². The van der Waals surface area contributed by atoms with Gasteiger partial charge in [-0.15, -0.1) is 5.10 Å². The van der Waals surface area contributed by atoms with Crippen molar-refractivity contribution in [3.05, 3.63) is 36.2 Å². The van der Waals surface area contributed by atoms with Gasteiger partial charge in [-0.2, -0.15) is 10.2 Å². The minimum Gasteiger partial charge on any atom is -0.439 e. The molecule has 0 bridgehead atoms. The van der Waals surface area contributed by atoms with E-state index >= 15 is 4.39 Å². The molecule has 6 aromatic rings. The molecule has 5 fully saturated rings. The van der Waals surface area contributed by atoms with Gasteiger partial charge in [0, 0.05) is 96.3 Å². The fourth-order valence-electron chi connectivity index (χ4n) is 10.5. The highest BCUT2D eigenvalue weighted by Gasteiger charge is 2.37. The number of hydrogen-bond donors (Lipinski definition) is 2. The molecule has 1 aromatic carbocycles. The quantitative estimate of drug-likeness (QED) is 0.186. The predicted octanol–water partition coefficient (Wildman–Crippen LogP) is 4.09. The Kier molecular flexibility index (Phi) is 11.8. The summed E-state index contributed by atoms with van der Waals surface area (Å²) in [6, 6.07) is 2.98. The minimum atomic E-state index is -0.562. The van der Waals surface area contributed by atoms with Crippen LogP contribution in [0.5, 0.6) is 0 Å². The summed E-state index contributed by atoms with van der Waals surface area (Å²) in [5.74, 6) is 1.08. The number of nitrogens with one attached hydrogen (secondary N) is 1. The van der Waals surface area contributed by atoms with E-state index in [2.05, 4.69) is 40.8 Å². The van der Waals surface area contributed by atoms with Crippen molar-refractivity contribution < 1.29 is 32.8 Å². The molecule has 5 aromatic heterocycles. The zero-order valence-electron chi connectivity index (χ0n) is 39.5. The Bertz CT molecular complexity index is 2990. The lowest BCUT2D eigenvalue weighted by Crippen LogP contribution is -2.50. The number of piperazine rings is 1. The van der Waals surface area contributed by atoms with E-state index in [4.69, 9.17) is 20.1 Å². The van der Waals surface area contributed by atoms with Crippen molar-refractivity contribution in [2.45, 2.75) is 76.8 Å². The van der Waals surface area contributed by atoms with Gasteiger partial charge in [0.25, 0.3) is 5.91 Å². The number of anilines is 3. The second kappa shape index (κ2) is 18.3. The molecule has 11 rings (SSSR count). The third kappa shape index (κ3) is 8.40. The summed E-state index contributed by atoms with van der Waals surface area (Å²) < 4.78 is 32.7. The predicted molar refractivity (Wildman–Crippen MR) is 252 cm³/mol. The monoisotopic (exact) mass is 961 g/mol. The second-order valence-corrected chi connectivity index (χ2v) is 19.4. The third-order valence-corrected chi connectivity index (χ3v) is 14.5. The van der Waals surface area contributed by atoms with Crippen LogP contribution in [0.25, 0.3) is 44.6 Å². The number of imide groups is 1. The first-order chi connectivity index (χ1) is 33.9. The number of ether oxygens (including phenoxy) is 1. The van der Waals surface area contributed by atoms with Gasteiger partial charge in [-0.1, -0.05) is 10.4 Å². The lowest BCUT2D eigenvalue weighted by atomic mass is 9.96. The zero-order chi connectivity index (χ0) is 48.4. The standard InChI is InChI=1S/C46H56FN17O6/c1-26(2)64-44-36(42(48)49-25-50-44)38(53-64)39-35(41(70-55-39)28-4-5-28)31-23-63(56-52-31)29-10-15-61(16-11-29)46(68)69-24-34(66)60-13-8-27(9-14-60)22-58-18-20-59(21-19-58)32-7-6-30-40(37(32)47)57(3)54-43(30)62-17-12-33(65)51-45(62)67/h6-7,23,25-29H,4-5,8-22,24H2,1-3H3,(H2,48,49,50)(H,51,65,67). The third-order valence-electron chi connectivity index (χ3n) is 14.5. The van der Waals surface area contributed by atoms with Gasteiger partial charge in [0.2, 0.25) is 5.91 Å². The molecule has 4 saturated heterocycles. The number of hydrogen-bond acceptors (Lipinski definition) is 16. The fourth-order valence-corrected chi connectivity index (χ4v) is 10.5. The van der Waals surface area contributed by atoms with Gasteiger partial charge < -0.3 is 29.7 Å². The molecule has 0 spiro atoms. The van der Waals surface area contributed by atoms with E-state index in [9.17, 15) is 19.2 Å². The highest BCUT2D eigenvalue weighted by molar-refractivity contribution is 6.09. The number of piperidine rings is 2. The van der Waals surface area contributed by atoms with E-state index in [1.54, 1.807) is 29.0 Å². The fraction of sp³-hybridized carbons (Fsp3) is 0.543. The Morgan fingerprint density at radius 2 is 1.69 bits per heavy atom. The largest absolute Gasteiger partial charge is 0.439 e. The molecule has 5 aliphatic rings. The maximum Gasteiger partial charge on any atom is 0.410 e.